The summed E-state index contributed by atoms with van der Waals surface area (Å²) in [4.78, 5) is 21.2. The Morgan fingerprint density at radius 1 is 0.889 bits per heavy atom. The van der Waals surface area contributed by atoms with Crippen LogP contribution in [-0.2, 0) is 17.9 Å². The van der Waals surface area contributed by atoms with Gasteiger partial charge in [-0.25, -0.2) is 27.5 Å². The molecule has 2 aromatic heterocycles. The van der Waals surface area contributed by atoms with E-state index in [0.717, 1.165) is 5.56 Å². The molecule has 45 heavy (non-hydrogen) atoms. The van der Waals surface area contributed by atoms with Crippen LogP contribution in [0.25, 0.3) is 11.3 Å². The molecule has 1 unspecified atom stereocenters. The van der Waals surface area contributed by atoms with Crippen molar-refractivity contribution in [3.05, 3.63) is 142 Å². The summed E-state index contributed by atoms with van der Waals surface area (Å²) >= 11 is 1.19. The first-order valence-corrected chi connectivity index (χ1v) is 15.0. The van der Waals surface area contributed by atoms with Crippen LogP contribution in [0.15, 0.2) is 107 Å². The number of alkyl halides is 2. The smallest absolute Gasteiger partial charge is 0.280 e. The van der Waals surface area contributed by atoms with Crippen molar-refractivity contribution in [1.29, 1.82) is 0 Å². The van der Waals surface area contributed by atoms with Crippen LogP contribution >= 0.6 is 11.8 Å². The zero-order valence-corrected chi connectivity index (χ0v) is 25.0. The van der Waals surface area contributed by atoms with E-state index in [1.165, 1.54) is 66.0 Å². The van der Waals surface area contributed by atoms with Crippen molar-refractivity contribution in [2.45, 2.75) is 37.3 Å². The first kappa shape index (κ1) is 31.9. The Bertz CT molecular complexity index is 1800. The summed E-state index contributed by atoms with van der Waals surface area (Å²) in [5.41, 5.74) is 1.68. The van der Waals surface area contributed by atoms with Gasteiger partial charge in [-0.15, -0.1) is 0 Å². The summed E-state index contributed by atoms with van der Waals surface area (Å²) < 4.78 is 68.6. The van der Waals surface area contributed by atoms with E-state index in [0.29, 0.717) is 28.9 Å². The maximum absolute atomic E-state index is 14.2. The van der Waals surface area contributed by atoms with E-state index in [1.54, 1.807) is 24.3 Å². The molecule has 232 valence electrons. The number of ether oxygens (including phenoxy) is 2. The van der Waals surface area contributed by atoms with Crippen LogP contribution in [-0.4, -0.2) is 27.4 Å². The Morgan fingerprint density at radius 2 is 1.67 bits per heavy atom. The lowest BCUT2D eigenvalue weighted by atomic mass is 10.1. The van der Waals surface area contributed by atoms with Crippen LogP contribution < -0.4 is 10.3 Å². The number of halogens is 4. The van der Waals surface area contributed by atoms with Crippen molar-refractivity contribution in [3.8, 4) is 17.0 Å². The molecule has 0 radical (unpaired) electrons. The van der Waals surface area contributed by atoms with Gasteiger partial charge in [0.05, 0.1) is 32.1 Å². The second-order valence-electron chi connectivity index (χ2n) is 10.1. The maximum Gasteiger partial charge on any atom is 0.280 e. The molecule has 1 atom stereocenters. The first-order valence-electron chi connectivity index (χ1n) is 14.0. The van der Waals surface area contributed by atoms with E-state index in [9.17, 15) is 22.4 Å². The molecule has 0 bridgehead atoms. The highest BCUT2D eigenvalue weighted by molar-refractivity contribution is 7.99. The molecule has 0 aliphatic rings. The molecule has 5 rings (SSSR count). The van der Waals surface area contributed by atoms with Crippen molar-refractivity contribution < 1.29 is 27.0 Å². The molecule has 0 saturated heterocycles. The normalized spacial score (nSPS) is 12.0. The summed E-state index contributed by atoms with van der Waals surface area (Å²) in [5, 5.41) is 0.138. The standard InChI is InChI=1S/C34H29F4N3O3S/c1-43-31-13-11-22(17-27(31)36)19-41-20-24(12-14-32(41)42)28-18-29(33(37)38)40-34(39-28)45-16-15-30(23-7-3-2-4-8-23)44-21-25-9-5-6-10-26(25)35/h2-14,17-18,20,30,33H,15-16,19,21H2,1H3. The Labute approximate surface area is 261 Å². The van der Waals surface area contributed by atoms with E-state index in [4.69, 9.17) is 9.47 Å². The number of methoxy groups -OCH3 is 1. The summed E-state index contributed by atoms with van der Waals surface area (Å²) in [5.74, 6) is -0.417. The van der Waals surface area contributed by atoms with Crippen LogP contribution in [0.5, 0.6) is 5.75 Å². The van der Waals surface area contributed by atoms with Gasteiger partial charge in [0, 0.05) is 29.1 Å². The molecule has 0 aliphatic carbocycles. The van der Waals surface area contributed by atoms with Gasteiger partial charge < -0.3 is 14.0 Å². The van der Waals surface area contributed by atoms with E-state index in [2.05, 4.69) is 9.97 Å². The Kier molecular flexibility index (Phi) is 10.6. The minimum atomic E-state index is -2.85. The highest BCUT2D eigenvalue weighted by Crippen LogP contribution is 2.30. The monoisotopic (exact) mass is 635 g/mol. The van der Waals surface area contributed by atoms with Crippen molar-refractivity contribution in [2.24, 2.45) is 0 Å². The van der Waals surface area contributed by atoms with Gasteiger partial charge in [-0.05, 0) is 47.9 Å². The quantitative estimate of drug-likeness (QED) is 0.0742. The molecule has 0 saturated carbocycles. The fraction of sp³-hybridized carbons (Fsp3) is 0.206. The molecular formula is C34H29F4N3O3S. The van der Waals surface area contributed by atoms with Gasteiger partial charge in [-0.1, -0.05) is 66.4 Å². The molecule has 5 aromatic rings. The number of hydrogen-bond acceptors (Lipinski definition) is 6. The maximum atomic E-state index is 14.2. The van der Waals surface area contributed by atoms with Gasteiger partial charge in [0.2, 0.25) is 0 Å². The third-order valence-corrected chi connectivity index (χ3v) is 7.86. The van der Waals surface area contributed by atoms with Gasteiger partial charge in [0.15, 0.2) is 16.7 Å². The van der Waals surface area contributed by atoms with Crippen molar-refractivity contribution in [3.63, 3.8) is 0 Å². The molecule has 0 aliphatic heterocycles. The van der Waals surface area contributed by atoms with Crippen molar-refractivity contribution >= 4 is 11.8 Å². The molecule has 0 N–H and O–H groups in total. The van der Waals surface area contributed by atoms with Crippen LogP contribution in [0, 0.1) is 11.6 Å². The lowest BCUT2D eigenvalue weighted by Crippen LogP contribution is -2.19. The van der Waals surface area contributed by atoms with E-state index >= 15 is 0 Å². The van der Waals surface area contributed by atoms with Crippen molar-refractivity contribution in [2.75, 3.05) is 12.9 Å². The van der Waals surface area contributed by atoms with Crippen LogP contribution in [0.3, 0.4) is 0 Å². The lowest BCUT2D eigenvalue weighted by Gasteiger charge is -2.19. The average molecular weight is 636 g/mol. The second-order valence-corrected chi connectivity index (χ2v) is 11.1. The highest BCUT2D eigenvalue weighted by Gasteiger charge is 2.18. The van der Waals surface area contributed by atoms with Gasteiger partial charge >= 0.3 is 0 Å². The topological polar surface area (TPSA) is 66.2 Å². The summed E-state index contributed by atoms with van der Waals surface area (Å²) in [7, 11) is 1.36. The van der Waals surface area contributed by atoms with Gasteiger partial charge in [-0.3, -0.25) is 4.79 Å². The van der Waals surface area contributed by atoms with E-state index < -0.39 is 17.9 Å². The fourth-order valence-electron chi connectivity index (χ4n) is 4.66. The molecule has 0 fully saturated rings. The summed E-state index contributed by atoms with van der Waals surface area (Å²) in [6, 6.07) is 24.3. The number of aromatic nitrogens is 3. The largest absolute Gasteiger partial charge is 0.494 e. The Morgan fingerprint density at radius 3 is 2.40 bits per heavy atom. The molecule has 2 heterocycles. The van der Waals surface area contributed by atoms with Gasteiger partial charge in [-0.2, -0.15) is 0 Å². The van der Waals surface area contributed by atoms with Crippen LogP contribution in [0.4, 0.5) is 17.6 Å². The number of benzene rings is 3. The van der Waals surface area contributed by atoms with Crippen LogP contribution in [0.1, 0.15) is 41.3 Å². The predicted octanol–water partition coefficient (Wildman–Crippen LogP) is 8.02. The number of thioether (sulfide) groups is 1. The molecule has 0 spiro atoms. The minimum Gasteiger partial charge on any atom is -0.494 e. The third kappa shape index (κ3) is 8.37. The molecule has 0 amide bonds. The number of nitrogens with zero attached hydrogens (tertiary/aromatic N) is 3. The first-order chi connectivity index (χ1) is 21.8. The minimum absolute atomic E-state index is 0.0513. The summed E-state index contributed by atoms with van der Waals surface area (Å²) in [6.07, 6.45) is -1.26. The molecule has 3 aromatic carbocycles. The van der Waals surface area contributed by atoms with Gasteiger partial charge in [0.1, 0.15) is 11.5 Å². The van der Waals surface area contributed by atoms with Gasteiger partial charge in [0.25, 0.3) is 12.0 Å². The summed E-state index contributed by atoms with van der Waals surface area (Å²) in [6.45, 7) is 0.118. The molecule has 6 nitrogen and oxygen atoms in total. The number of rotatable bonds is 13. The highest BCUT2D eigenvalue weighted by atomic mass is 32.2. The molecule has 11 heteroatoms. The van der Waals surface area contributed by atoms with Crippen molar-refractivity contribution in [1.82, 2.24) is 14.5 Å². The zero-order valence-electron chi connectivity index (χ0n) is 24.2. The second kappa shape index (κ2) is 15.0. The fourth-order valence-corrected chi connectivity index (χ4v) is 5.50. The zero-order chi connectivity index (χ0) is 31.8. The SMILES string of the molecule is COc1ccc(Cn2cc(-c3cc(C(F)F)nc(SCCC(OCc4ccccc4F)c4ccccc4)n3)ccc2=O)cc1F. The predicted molar refractivity (Wildman–Crippen MR) is 164 cm³/mol. The molecular weight excluding hydrogens is 606 g/mol. The Hall–Kier alpha value is -4.48. The average Bonchev–Trinajstić information content (AvgIpc) is 3.04. The third-order valence-electron chi connectivity index (χ3n) is 6.98. The van der Waals surface area contributed by atoms with Crippen LogP contribution in [0.2, 0.25) is 0 Å². The number of pyridine rings is 1. The van der Waals surface area contributed by atoms with E-state index in [-0.39, 0.29) is 47.2 Å². The number of hydrogen-bond donors (Lipinski definition) is 0. The lowest BCUT2D eigenvalue weighted by molar-refractivity contribution is 0.0364. The Balaban J connectivity index is 1.34. The van der Waals surface area contributed by atoms with E-state index in [1.807, 2.05) is 30.3 Å².